The highest BCUT2D eigenvalue weighted by molar-refractivity contribution is 7.92. The molecule has 1 aromatic carbocycles. The van der Waals surface area contributed by atoms with E-state index in [4.69, 9.17) is 8.60 Å². The lowest BCUT2D eigenvalue weighted by Crippen LogP contribution is -2.10. The van der Waals surface area contributed by atoms with E-state index >= 15 is 0 Å². The molecule has 1 aromatic heterocycles. The van der Waals surface area contributed by atoms with Crippen LogP contribution in [0.3, 0.4) is 0 Å². The van der Waals surface area contributed by atoms with Gasteiger partial charge in [-0.3, -0.25) is 0 Å². The van der Waals surface area contributed by atoms with E-state index in [9.17, 15) is 4.79 Å². The average Bonchev–Trinajstić information content (AvgIpc) is 2.71. The minimum absolute atomic E-state index is 0.184. The average molecular weight is 305 g/mol. The molecule has 112 valence electrons. The van der Waals surface area contributed by atoms with E-state index in [0.29, 0.717) is 11.3 Å². The summed E-state index contributed by atoms with van der Waals surface area (Å²) < 4.78 is 12.9. The molecule has 21 heavy (non-hydrogen) atoms. The number of benzene rings is 1. The van der Waals surface area contributed by atoms with Crippen molar-refractivity contribution in [2.45, 2.75) is 32.1 Å². The SMILES string of the molecule is CN(C)SOc1ccc2c3c(c(=O)oc2c1)CCCCC3. The van der Waals surface area contributed by atoms with Crippen LogP contribution in [0.4, 0.5) is 0 Å². The van der Waals surface area contributed by atoms with Crippen LogP contribution in [0, 0.1) is 0 Å². The maximum Gasteiger partial charge on any atom is 0.339 e. The van der Waals surface area contributed by atoms with Crippen LogP contribution in [0.25, 0.3) is 11.0 Å². The molecule has 0 unspecified atom stereocenters. The number of rotatable bonds is 3. The highest BCUT2D eigenvalue weighted by Crippen LogP contribution is 2.29. The van der Waals surface area contributed by atoms with Crippen LogP contribution in [0.2, 0.25) is 0 Å². The minimum atomic E-state index is -0.184. The van der Waals surface area contributed by atoms with Gasteiger partial charge in [0.15, 0.2) is 0 Å². The van der Waals surface area contributed by atoms with Gasteiger partial charge in [0.25, 0.3) is 0 Å². The first-order chi connectivity index (χ1) is 10.1. The van der Waals surface area contributed by atoms with Crippen molar-refractivity contribution in [3.05, 3.63) is 39.7 Å². The van der Waals surface area contributed by atoms with Crippen LogP contribution >= 0.6 is 12.2 Å². The third kappa shape index (κ3) is 3.09. The van der Waals surface area contributed by atoms with E-state index in [1.165, 1.54) is 24.2 Å². The van der Waals surface area contributed by atoms with Gasteiger partial charge in [0.05, 0.1) is 0 Å². The van der Waals surface area contributed by atoms with Gasteiger partial charge in [-0.1, -0.05) is 6.42 Å². The number of hydrogen-bond acceptors (Lipinski definition) is 5. The van der Waals surface area contributed by atoms with E-state index in [2.05, 4.69) is 0 Å². The molecule has 0 saturated carbocycles. The molecule has 0 fully saturated rings. The van der Waals surface area contributed by atoms with Gasteiger partial charge >= 0.3 is 5.63 Å². The summed E-state index contributed by atoms with van der Waals surface area (Å²) in [4.78, 5) is 12.2. The molecule has 4 nitrogen and oxygen atoms in total. The van der Waals surface area contributed by atoms with Gasteiger partial charge < -0.3 is 8.60 Å². The molecule has 0 aliphatic heterocycles. The van der Waals surface area contributed by atoms with Crippen LogP contribution < -0.4 is 9.81 Å². The molecular weight excluding hydrogens is 286 g/mol. The fourth-order valence-electron chi connectivity index (χ4n) is 2.77. The third-order valence-electron chi connectivity index (χ3n) is 3.73. The van der Waals surface area contributed by atoms with Gasteiger partial charge in [0.1, 0.15) is 23.6 Å². The molecule has 3 rings (SSSR count). The maximum absolute atomic E-state index is 12.2. The first-order valence-electron chi connectivity index (χ1n) is 7.26. The van der Waals surface area contributed by atoms with Crippen LogP contribution in [-0.4, -0.2) is 18.4 Å². The van der Waals surface area contributed by atoms with E-state index < -0.39 is 0 Å². The second-order valence-electron chi connectivity index (χ2n) is 5.54. The lowest BCUT2D eigenvalue weighted by molar-refractivity contribution is 0.541. The molecule has 5 heteroatoms. The second kappa shape index (κ2) is 6.12. The lowest BCUT2D eigenvalue weighted by Gasteiger charge is -2.11. The predicted octanol–water partition coefficient (Wildman–Crippen LogP) is 3.57. The molecule has 0 bridgehead atoms. The van der Waals surface area contributed by atoms with Crippen molar-refractivity contribution < 1.29 is 8.60 Å². The molecule has 0 atom stereocenters. The van der Waals surface area contributed by atoms with Crippen molar-refractivity contribution in [2.75, 3.05) is 14.1 Å². The van der Waals surface area contributed by atoms with Crippen molar-refractivity contribution in [3.8, 4) is 5.75 Å². The largest absolute Gasteiger partial charge is 0.422 e. The van der Waals surface area contributed by atoms with Gasteiger partial charge in [0, 0.05) is 31.1 Å². The van der Waals surface area contributed by atoms with Crippen LogP contribution in [0.1, 0.15) is 30.4 Å². The standard InChI is InChI=1S/C16H19NO3S/c1-17(2)21-20-11-8-9-13-12-6-4-3-5-7-14(12)16(18)19-15(13)10-11/h8-10H,3-7H2,1-2H3. The fourth-order valence-corrected chi connectivity index (χ4v) is 3.11. The lowest BCUT2D eigenvalue weighted by atomic mass is 10.0. The Morgan fingerprint density at radius 2 is 1.90 bits per heavy atom. The zero-order chi connectivity index (χ0) is 14.8. The summed E-state index contributed by atoms with van der Waals surface area (Å²) in [6.45, 7) is 0. The highest BCUT2D eigenvalue weighted by Gasteiger charge is 2.17. The first kappa shape index (κ1) is 14.5. The second-order valence-corrected chi connectivity index (χ2v) is 6.58. The molecule has 1 heterocycles. The monoisotopic (exact) mass is 305 g/mol. The molecule has 1 aliphatic rings. The Bertz CT molecular complexity index is 708. The van der Waals surface area contributed by atoms with E-state index in [0.717, 1.165) is 36.6 Å². The number of fused-ring (bicyclic) bond motifs is 3. The first-order valence-corrected chi connectivity index (χ1v) is 7.95. The quantitative estimate of drug-likeness (QED) is 0.375. The smallest absolute Gasteiger partial charge is 0.339 e. The zero-order valence-corrected chi connectivity index (χ0v) is 13.2. The van der Waals surface area contributed by atoms with E-state index in [1.54, 1.807) is 6.07 Å². The van der Waals surface area contributed by atoms with Gasteiger partial charge in [-0.15, -0.1) is 0 Å². The molecule has 2 aromatic rings. The Labute approximate surface area is 128 Å². The minimum Gasteiger partial charge on any atom is -0.422 e. The Hall–Kier alpha value is -1.46. The number of aryl methyl sites for hydroxylation is 1. The molecule has 0 spiro atoms. The summed E-state index contributed by atoms with van der Waals surface area (Å²) in [7, 11) is 3.82. The van der Waals surface area contributed by atoms with Gasteiger partial charge in [0.2, 0.25) is 0 Å². The third-order valence-corrected chi connectivity index (χ3v) is 4.29. The van der Waals surface area contributed by atoms with Crippen LogP contribution in [-0.2, 0) is 12.8 Å². The Kier molecular flexibility index (Phi) is 4.22. The molecule has 0 saturated heterocycles. The van der Waals surface area contributed by atoms with Crippen molar-refractivity contribution in [2.24, 2.45) is 0 Å². The molecule has 1 aliphatic carbocycles. The van der Waals surface area contributed by atoms with E-state index in [1.807, 2.05) is 30.5 Å². The van der Waals surface area contributed by atoms with Crippen LogP contribution in [0.5, 0.6) is 5.75 Å². The summed E-state index contributed by atoms with van der Waals surface area (Å²) in [5, 5.41) is 1.05. The molecular formula is C16H19NO3S. The highest BCUT2D eigenvalue weighted by atomic mass is 32.2. The van der Waals surface area contributed by atoms with Gasteiger partial charge in [-0.25, -0.2) is 9.10 Å². The van der Waals surface area contributed by atoms with Gasteiger partial charge in [-0.05, 0) is 43.4 Å². The fraction of sp³-hybridized carbons (Fsp3) is 0.438. The number of hydrogen-bond donors (Lipinski definition) is 0. The molecule has 0 N–H and O–H groups in total. The summed E-state index contributed by atoms with van der Waals surface area (Å²) in [6.07, 6.45) is 5.19. The van der Waals surface area contributed by atoms with Crippen molar-refractivity contribution in [1.82, 2.24) is 4.31 Å². The van der Waals surface area contributed by atoms with Gasteiger partial charge in [-0.2, -0.15) is 0 Å². The topological polar surface area (TPSA) is 42.7 Å². The zero-order valence-electron chi connectivity index (χ0n) is 12.3. The molecule has 0 amide bonds. The Balaban J connectivity index is 2.05. The summed E-state index contributed by atoms with van der Waals surface area (Å²) in [6, 6.07) is 5.75. The van der Waals surface area contributed by atoms with Crippen molar-refractivity contribution >= 4 is 23.2 Å². The molecule has 0 radical (unpaired) electrons. The maximum atomic E-state index is 12.2. The predicted molar refractivity (Wildman–Crippen MR) is 85.6 cm³/mol. The van der Waals surface area contributed by atoms with E-state index in [-0.39, 0.29) is 5.63 Å². The normalized spacial score (nSPS) is 15.0. The Morgan fingerprint density at radius 3 is 2.67 bits per heavy atom. The summed E-state index contributed by atoms with van der Waals surface area (Å²) in [5.74, 6) is 0.693. The Morgan fingerprint density at radius 1 is 1.14 bits per heavy atom. The van der Waals surface area contributed by atoms with Crippen molar-refractivity contribution in [3.63, 3.8) is 0 Å². The summed E-state index contributed by atoms with van der Waals surface area (Å²) >= 11 is 1.24. The number of nitrogens with zero attached hydrogens (tertiary/aromatic N) is 1. The summed E-state index contributed by atoms with van der Waals surface area (Å²) in [5.41, 5.74) is 2.48. The van der Waals surface area contributed by atoms with Crippen molar-refractivity contribution in [1.29, 1.82) is 0 Å². The van der Waals surface area contributed by atoms with Crippen LogP contribution in [0.15, 0.2) is 27.4 Å².